The van der Waals surface area contributed by atoms with Gasteiger partial charge in [0.15, 0.2) is 0 Å². The summed E-state index contributed by atoms with van der Waals surface area (Å²) in [4.78, 5) is 16.2. The number of phenolic OH excluding ortho intramolecular Hbond substituents is 1. The molecule has 0 spiro atoms. The number of carbonyl (C=O) groups excluding carboxylic acids is 1. The molecule has 0 aliphatic carbocycles. The Balaban J connectivity index is 0.00000264. The van der Waals surface area contributed by atoms with Gasteiger partial charge in [0.05, 0.1) is 19.2 Å². The summed E-state index contributed by atoms with van der Waals surface area (Å²) in [5.41, 5.74) is 2.56. The highest BCUT2D eigenvalue weighted by Gasteiger charge is 2.17. The second-order valence-corrected chi connectivity index (χ2v) is 5.03. The highest BCUT2D eigenvalue weighted by molar-refractivity contribution is 5.85. The molecule has 23 heavy (non-hydrogen) atoms. The van der Waals surface area contributed by atoms with E-state index in [0.717, 1.165) is 17.0 Å². The van der Waals surface area contributed by atoms with Crippen molar-refractivity contribution in [2.75, 3.05) is 20.7 Å². The summed E-state index contributed by atoms with van der Waals surface area (Å²) in [6.45, 7) is 0.640. The first kappa shape index (κ1) is 18.9. The van der Waals surface area contributed by atoms with Gasteiger partial charge in [-0.25, -0.2) is 0 Å². The van der Waals surface area contributed by atoms with E-state index in [1.54, 1.807) is 12.1 Å². The molecule has 0 saturated carbocycles. The topological polar surface area (TPSA) is 71.5 Å². The second-order valence-electron chi connectivity index (χ2n) is 5.03. The van der Waals surface area contributed by atoms with Crippen LogP contribution in [0.5, 0.6) is 5.75 Å². The summed E-state index contributed by atoms with van der Waals surface area (Å²) in [6.07, 6.45) is 0.281. The predicted molar refractivity (Wildman–Crippen MR) is 91.9 cm³/mol. The summed E-state index contributed by atoms with van der Waals surface area (Å²) < 4.78 is 4.75. The third kappa shape index (κ3) is 5.23. The minimum atomic E-state index is -0.253. The van der Waals surface area contributed by atoms with E-state index in [-0.39, 0.29) is 36.5 Å². The van der Waals surface area contributed by atoms with E-state index in [4.69, 9.17) is 4.74 Å². The minimum absolute atomic E-state index is 0. The maximum atomic E-state index is 11.6. The predicted octanol–water partition coefficient (Wildman–Crippen LogP) is 2.74. The summed E-state index contributed by atoms with van der Waals surface area (Å²) >= 11 is 0. The third-order valence-electron chi connectivity index (χ3n) is 3.44. The van der Waals surface area contributed by atoms with Crippen molar-refractivity contribution in [3.05, 3.63) is 48.2 Å². The Morgan fingerprint density at radius 1 is 1.26 bits per heavy atom. The third-order valence-corrected chi connectivity index (χ3v) is 3.44. The van der Waals surface area contributed by atoms with Gasteiger partial charge in [0, 0.05) is 23.7 Å². The normalized spacial score (nSPS) is 11.4. The van der Waals surface area contributed by atoms with Crippen LogP contribution in [-0.2, 0) is 9.53 Å². The average Bonchev–Trinajstić information content (AvgIpc) is 2.55. The molecule has 1 aromatic heterocycles. The molecule has 6 heteroatoms. The van der Waals surface area contributed by atoms with Gasteiger partial charge in [-0.15, -0.1) is 12.4 Å². The summed E-state index contributed by atoms with van der Waals surface area (Å²) in [5.74, 6) is -0.0785. The molecule has 0 aliphatic rings. The maximum absolute atomic E-state index is 11.6. The van der Waals surface area contributed by atoms with Gasteiger partial charge >= 0.3 is 5.97 Å². The molecule has 0 bridgehead atoms. The number of ether oxygens (including phenoxy) is 1. The lowest BCUT2D eigenvalue weighted by atomic mass is 9.99. The number of phenols is 1. The molecular formula is C17H21ClN2O3. The smallest absolute Gasteiger partial charge is 0.306 e. The summed E-state index contributed by atoms with van der Waals surface area (Å²) in [5, 5.41) is 12.4. The van der Waals surface area contributed by atoms with Crippen LogP contribution in [-0.4, -0.2) is 36.8 Å². The van der Waals surface area contributed by atoms with Crippen LogP contribution < -0.4 is 5.32 Å². The van der Waals surface area contributed by atoms with Gasteiger partial charge in [-0.05, 0) is 43.4 Å². The first-order chi connectivity index (χ1) is 10.6. The number of esters is 1. The summed E-state index contributed by atoms with van der Waals surface area (Å²) in [7, 11) is 3.23. The molecule has 2 aromatic rings. The van der Waals surface area contributed by atoms with Crippen molar-refractivity contribution in [3.8, 4) is 17.0 Å². The molecule has 2 N–H and O–H groups in total. The van der Waals surface area contributed by atoms with Crippen molar-refractivity contribution < 1.29 is 14.6 Å². The number of aromatic hydroxyl groups is 1. The number of nitrogens with zero attached hydrogens (tertiary/aromatic N) is 1. The number of likely N-dealkylation sites (N-methyl/N-ethyl adjacent to an activating group) is 1. The molecular weight excluding hydrogens is 316 g/mol. The fraction of sp³-hybridized carbons (Fsp3) is 0.294. The van der Waals surface area contributed by atoms with Gasteiger partial charge in [-0.1, -0.05) is 6.07 Å². The van der Waals surface area contributed by atoms with Gasteiger partial charge in [-0.2, -0.15) is 0 Å². The van der Waals surface area contributed by atoms with Crippen molar-refractivity contribution in [2.45, 2.75) is 12.3 Å². The minimum Gasteiger partial charge on any atom is -0.508 e. The van der Waals surface area contributed by atoms with E-state index < -0.39 is 0 Å². The van der Waals surface area contributed by atoms with Crippen molar-refractivity contribution in [2.24, 2.45) is 0 Å². The van der Waals surface area contributed by atoms with Crippen LogP contribution in [0.15, 0.2) is 42.5 Å². The van der Waals surface area contributed by atoms with E-state index in [2.05, 4.69) is 10.3 Å². The first-order valence-electron chi connectivity index (χ1n) is 7.11. The number of hydrogen-bond acceptors (Lipinski definition) is 5. The quantitative estimate of drug-likeness (QED) is 0.794. The number of pyridine rings is 1. The maximum Gasteiger partial charge on any atom is 0.306 e. The Morgan fingerprint density at radius 2 is 1.96 bits per heavy atom. The molecule has 0 aliphatic heterocycles. The second kappa shape index (κ2) is 9.12. The molecule has 0 saturated heterocycles. The molecule has 0 unspecified atom stereocenters. The van der Waals surface area contributed by atoms with Gasteiger partial charge in [0.1, 0.15) is 5.75 Å². The number of rotatable bonds is 6. The highest BCUT2D eigenvalue weighted by Crippen LogP contribution is 2.24. The van der Waals surface area contributed by atoms with Gasteiger partial charge in [0.2, 0.25) is 0 Å². The molecule has 1 aromatic carbocycles. The number of nitrogens with one attached hydrogen (secondary N) is 1. The Morgan fingerprint density at radius 3 is 2.57 bits per heavy atom. The zero-order valence-electron chi connectivity index (χ0n) is 13.2. The average molecular weight is 337 g/mol. The lowest BCUT2D eigenvalue weighted by Crippen LogP contribution is -2.21. The van der Waals surface area contributed by atoms with E-state index in [9.17, 15) is 9.90 Å². The molecule has 124 valence electrons. The molecule has 5 nitrogen and oxygen atoms in total. The first-order valence-corrected chi connectivity index (χ1v) is 7.11. The monoisotopic (exact) mass is 336 g/mol. The number of hydrogen-bond donors (Lipinski definition) is 2. The molecule has 2 rings (SSSR count). The van der Waals surface area contributed by atoms with Gasteiger partial charge in [-0.3, -0.25) is 9.78 Å². The fourth-order valence-corrected chi connectivity index (χ4v) is 2.28. The Labute approximate surface area is 142 Å². The van der Waals surface area contributed by atoms with Crippen LogP contribution in [0.1, 0.15) is 18.0 Å². The van der Waals surface area contributed by atoms with E-state index >= 15 is 0 Å². The van der Waals surface area contributed by atoms with Crippen LogP contribution in [0.4, 0.5) is 0 Å². The lowest BCUT2D eigenvalue weighted by Gasteiger charge is -2.15. The molecule has 1 heterocycles. The Bertz CT molecular complexity index is 632. The Hall–Kier alpha value is -2.11. The molecule has 0 radical (unpaired) electrons. The van der Waals surface area contributed by atoms with Crippen molar-refractivity contribution >= 4 is 18.4 Å². The van der Waals surface area contributed by atoms with Crippen molar-refractivity contribution in [3.63, 3.8) is 0 Å². The fourth-order valence-electron chi connectivity index (χ4n) is 2.28. The van der Waals surface area contributed by atoms with Gasteiger partial charge < -0.3 is 15.2 Å². The number of aromatic nitrogens is 1. The molecule has 0 amide bonds. The van der Waals surface area contributed by atoms with E-state index in [1.807, 2.05) is 37.4 Å². The van der Waals surface area contributed by atoms with E-state index in [0.29, 0.717) is 6.54 Å². The lowest BCUT2D eigenvalue weighted by molar-refractivity contribution is -0.141. The largest absolute Gasteiger partial charge is 0.508 e. The number of benzene rings is 1. The van der Waals surface area contributed by atoms with Crippen LogP contribution >= 0.6 is 12.4 Å². The molecule has 1 atom stereocenters. The highest BCUT2D eigenvalue weighted by atomic mass is 35.5. The van der Waals surface area contributed by atoms with Gasteiger partial charge in [0.25, 0.3) is 0 Å². The number of halogens is 1. The standard InChI is InChI=1S/C17H20N2O3.ClH/c1-18-11-13(10-17(21)22-2)16-5-3-4-15(19-16)12-6-8-14(20)9-7-12;/h3-9,13,18,20H,10-11H2,1-2H3;1H/t13-;/m1./s1. The zero-order chi connectivity index (χ0) is 15.9. The SMILES string of the molecule is CNC[C@@H](CC(=O)OC)c1cccc(-c2ccc(O)cc2)n1.Cl. The molecule has 0 fully saturated rings. The van der Waals surface area contributed by atoms with E-state index in [1.165, 1.54) is 7.11 Å². The van der Waals surface area contributed by atoms with Crippen molar-refractivity contribution in [1.82, 2.24) is 10.3 Å². The Kier molecular flexibility index (Phi) is 7.51. The number of carbonyl (C=O) groups is 1. The van der Waals surface area contributed by atoms with Crippen LogP contribution in [0.2, 0.25) is 0 Å². The van der Waals surface area contributed by atoms with Crippen molar-refractivity contribution in [1.29, 1.82) is 0 Å². The van der Waals surface area contributed by atoms with Crippen LogP contribution in [0, 0.1) is 0 Å². The zero-order valence-corrected chi connectivity index (χ0v) is 14.0. The number of methoxy groups -OCH3 is 1. The van der Waals surface area contributed by atoms with Crippen LogP contribution in [0.3, 0.4) is 0 Å². The van der Waals surface area contributed by atoms with Crippen LogP contribution in [0.25, 0.3) is 11.3 Å². The summed E-state index contributed by atoms with van der Waals surface area (Å²) in [6, 6.07) is 12.6.